The van der Waals surface area contributed by atoms with Crippen LogP contribution in [0.2, 0.25) is 0 Å². The Kier molecular flexibility index (Phi) is 1.63. The number of alkyl halides is 1. The van der Waals surface area contributed by atoms with Gasteiger partial charge in [0.1, 0.15) is 0 Å². The molecule has 0 spiro atoms. The SMILES string of the molecule is NCC1CC[C@H]2[C@@H](Cl)[C@H]2N1. The van der Waals surface area contributed by atoms with E-state index < -0.39 is 0 Å². The summed E-state index contributed by atoms with van der Waals surface area (Å²) in [6.45, 7) is 0.757. The van der Waals surface area contributed by atoms with Crippen molar-refractivity contribution in [1.29, 1.82) is 0 Å². The molecule has 2 aliphatic rings. The third-order valence-electron chi connectivity index (χ3n) is 2.63. The molecule has 0 amide bonds. The van der Waals surface area contributed by atoms with E-state index in [1.807, 2.05) is 0 Å². The molecule has 1 unspecified atom stereocenters. The van der Waals surface area contributed by atoms with Gasteiger partial charge in [-0.3, -0.25) is 0 Å². The van der Waals surface area contributed by atoms with E-state index in [0.717, 1.165) is 12.5 Å². The number of halogens is 1. The zero-order valence-corrected chi connectivity index (χ0v) is 6.64. The van der Waals surface area contributed by atoms with Gasteiger partial charge in [0, 0.05) is 18.6 Å². The maximum absolute atomic E-state index is 5.98. The van der Waals surface area contributed by atoms with Gasteiger partial charge in [0.2, 0.25) is 0 Å². The highest BCUT2D eigenvalue weighted by molar-refractivity contribution is 6.23. The number of rotatable bonds is 1. The molecule has 1 aliphatic heterocycles. The maximum Gasteiger partial charge on any atom is 0.0536 e. The van der Waals surface area contributed by atoms with Crippen LogP contribution >= 0.6 is 11.6 Å². The monoisotopic (exact) mass is 160 g/mol. The molecular formula is C7H13ClN2. The Balaban J connectivity index is 1.89. The summed E-state index contributed by atoms with van der Waals surface area (Å²) in [6, 6.07) is 1.12. The summed E-state index contributed by atoms with van der Waals surface area (Å²) in [6.07, 6.45) is 2.48. The van der Waals surface area contributed by atoms with Crippen LogP contribution in [0.3, 0.4) is 0 Å². The maximum atomic E-state index is 5.98. The average molecular weight is 161 g/mol. The molecule has 0 radical (unpaired) electrons. The number of piperidine rings is 1. The zero-order valence-electron chi connectivity index (χ0n) is 5.89. The van der Waals surface area contributed by atoms with Crippen molar-refractivity contribution in [3.05, 3.63) is 0 Å². The molecule has 1 heterocycles. The van der Waals surface area contributed by atoms with E-state index in [4.69, 9.17) is 17.3 Å². The molecule has 2 nitrogen and oxygen atoms in total. The van der Waals surface area contributed by atoms with Gasteiger partial charge in [0.05, 0.1) is 5.38 Å². The van der Waals surface area contributed by atoms with Crippen LogP contribution in [0.15, 0.2) is 0 Å². The number of fused-ring (bicyclic) bond motifs is 1. The molecule has 2 rings (SSSR count). The van der Waals surface area contributed by atoms with Crippen LogP contribution < -0.4 is 11.1 Å². The van der Waals surface area contributed by atoms with Gasteiger partial charge in [-0.05, 0) is 18.8 Å². The lowest BCUT2D eigenvalue weighted by molar-refractivity contribution is 0.397. The van der Waals surface area contributed by atoms with Crippen LogP contribution in [0.1, 0.15) is 12.8 Å². The minimum Gasteiger partial charge on any atom is -0.329 e. The minimum atomic E-state index is 0.400. The van der Waals surface area contributed by atoms with Crippen molar-refractivity contribution in [2.45, 2.75) is 30.3 Å². The molecule has 3 heteroatoms. The van der Waals surface area contributed by atoms with Gasteiger partial charge in [-0.25, -0.2) is 0 Å². The fourth-order valence-corrected chi connectivity index (χ4v) is 2.28. The van der Waals surface area contributed by atoms with Crippen molar-refractivity contribution in [3.8, 4) is 0 Å². The molecule has 0 aromatic rings. The van der Waals surface area contributed by atoms with Gasteiger partial charge in [-0.15, -0.1) is 11.6 Å². The predicted molar refractivity (Wildman–Crippen MR) is 42.1 cm³/mol. The third-order valence-corrected chi connectivity index (χ3v) is 3.23. The molecule has 1 saturated heterocycles. The molecule has 2 fully saturated rings. The van der Waals surface area contributed by atoms with Gasteiger partial charge in [-0.1, -0.05) is 0 Å². The standard InChI is InChI=1S/C7H13ClN2/c8-6-5-2-1-4(3-9)10-7(5)6/h4-7,10H,1-3,9H2/t4?,5-,6+,7-/m0/s1. The first-order valence-electron chi connectivity index (χ1n) is 3.93. The minimum absolute atomic E-state index is 0.400. The Labute approximate surface area is 66.1 Å². The first-order valence-corrected chi connectivity index (χ1v) is 4.36. The van der Waals surface area contributed by atoms with Crippen LogP contribution in [0.4, 0.5) is 0 Å². The normalized spacial score (nSPS) is 52.2. The van der Waals surface area contributed by atoms with Crippen molar-refractivity contribution < 1.29 is 0 Å². The molecule has 0 aromatic carbocycles. The molecule has 1 saturated carbocycles. The van der Waals surface area contributed by atoms with Crippen molar-refractivity contribution in [1.82, 2.24) is 5.32 Å². The second-order valence-electron chi connectivity index (χ2n) is 3.31. The summed E-state index contributed by atoms with van der Waals surface area (Å²) in [5.74, 6) is 0.754. The van der Waals surface area contributed by atoms with Crippen LogP contribution in [0, 0.1) is 5.92 Å². The Morgan fingerprint density at radius 1 is 1.50 bits per heavy atom. The highest BCUT2D eigenvalue weighted by Crippen LogP contribution is 2.43. The van der Waals surface area contributed by atoms with E-state index in [-0.39, 0.29) is 0 Å². The lowest BCUT2D eigenvalue weighted by atomic mass is 10.1. The van der Waals surface area contributed by atoms with E-state index >= 15 is 0 Å². The molecule has 3 N–H and O–H groups in total. The number of nitrogens with two attached hydrogens (primary N) is 1. The second-order valence-corrected chi connectivity index (χ2v) is 3.81. The Morgan fingerprint density at radius 2 is 2.30 bits per heavy atom. The van der Waals surface area contributed by atoms with Crippen molar-refractivity contribution >= 4 is 11.6 Å². The summed E-state index contributed by atoms with van der Waals surface area (Å²) in [5, 5.41) is 3.83. The van der Waals surface area contributed by atoms with Gasteiger partial charge in [-0.2, -0.15) is 0 Å². The molecule has 10 heavy (non-hydrogen) atoms. The second kappa shape index (κ2) is 2.36. The number of hydrogen-bond acceptors (Lipinski definition) is 2. The van der Waals surface area contributed by atoms with Crippen molar-refractivity contribution in [2.24, 2.45) is 11.7 Å². The summed E-state index contributed by atoms with van der Waals surface area (Å²) < 4.78 is 0. The van der Waals surface area contributed by atoms with Crippen LogP contribution in [0.5, 0.6) is 0 Å². The lowest BCUT2D eigenvalue weighted by Gasteiger charge is -2.20. The fraction of sp³-hybridized carbons (Fsp3) is 1.00. The van der Waals surface area contributed by atoms with Crippen LogP contribution in [0.25, 0.3) is 0 Å². The third kappa shape index (κ3) is 0.949. The number of nitrogens with one attached hydrogen (secondary N) is 1. The number of hydrogen-bond donors (Lipinski definition) is 2. The quantitative estimate of drug-likeness (QED) is 0.542. The smallest absolute Gasteiger partial charge is 0.0536 e. The molecule has 4 atom stereocenters. The topological polar surface area (TPSA) is 38.0 Å². The first-order chi connectivity index (χ1) is 4.83. The van der Waals surface area contributed by atoms with Crippen LogP contribution in [-0.4, -0.2) is 24.0 Å². The predicted octanol–water partition coefficient (Wildman–Crippen LogP) is 0.303. The first kappa shape index (κ1) is 6.89. The molecular weight excluding hydrogens is 148 g/mol. The molecule has 0 aromatic heterocycles. The van der Waals surface area contributed by atoms with Gasteiger partial charge in [0.15, 0.2) is 0 Å². The van der Waals surface area contributed by atoms with Crippen molar-refractivity contribution in [2.75, 3.05) is 6.54 Å². The summed E-state index contributed by atoms with van der Waals surface area (Å²) >= 11 is 5.98. The Hall–Kier alpha value is 0.210. The largest absolute Gasteiger partial charge is 0.329 e. The Bertz CT molecular complexity index is 140. The van der Waals surface area contributed by atoms with Crippen molar-refractivity contribution in [3.63, 3.8) is 0 Å². The van der Waals surface area contributed by atoms with Gasteiger partial charge < -0.3 is 11.1 Å². The highest BCUT2D eigenvalue weighted by Gasteiger charge is 2.51. The lowest BCUT2D eigenvalue weighted by Crippen LogP contribution is -2.41. The van der Waals surface area contributed by atoms with Gasteiger partial charge >= 0.3 is 0 Å². The highest BCUT2D eigenvalue weighted by atomic mass is 35.5. The summed E-state index contributed by atoms with van der Waals surface area (Å²) in [5.41, 5.74) is 5.52. The van der Waals surface area contributed by atoms with Gasteiger partial charge in [0.25, 0.3) is 0 Å². The summed E-state index contributed by atoms with van der Waals surface area (Å²) in [4.78, 5) is 0. The van der Waals surface area contributed by atoms with E-state index in [9.17, 15) is 0 Å². The fourth-order valence-electron chi connectivity index (χ4n) is 1.82. The van der Waals surface area contributed by atoms with E-state index in [2.05, 4.69) is 5.32 Å². The van der Waals surface area contributed by atoms with Crippen LogP contribution in [-0.2, 0) is 0 Å². The molecule has 1 aliphatic carbocycles. The molecule has 58 valence electrons. The van der Waals surface area contributed by atoms with E-state index in [1.165, 1.54) is 12.8 Å². The zero-order chi connectivity index (χ0) is 7.14. The average Bonchev–Trinajstić information content (AvgIpc) is 2.62. The molecule has 0 bridgehead atoms. The van der Waals surface area contributed by atoms with E-state index in [0.29, 0.717) is 17.5 Å². The van der Waals surface area contributed by atoms with E-state index in [1.54, 1.807) is 0 Å². The summed E-state index contributed by atoms with van der Waals surface area (Å²) in [7, 11) is 0. The Morgan fingerprint density at radius 3 is 2.90 bits per heavy atom.